The molecule has 0 bridgehead atoms. The summed E-state index contributed by atoms with van der Waals surface area (Å²) in [5.74, 6) is -0.187. The molecule has 2 aromatic carbocycles. The molecule has 0 radical (unpaired) electrons. The third-order valence-electron chi connectivity index (χ3n) is 4.81. The zero-order valence-electron chi connectivity index (χ0n) is 15.8. The average Bonchev–Trinajstić information content (AvgIpc) is 2.74. The molecule has 1 atom stereocenters. The minimum atomic E-state index is -3.70. The summed E-state index contributed by atoms with van der Waals surface area (Å²) in [5.41, 5.74) is 0.785. The largest absolute Gasteiger partial charge is 0.497 e. The van der Waals surface area contributed by atoms with Crippen LogP contribution in [0.3, 0.4) is 0 Å². The van der Waals surface area contributed by atoms with Crippen LogP contribution >= 0.6 is 11.6 Å². The van der Waals surface area contributed by atoms with E-state index >= 15 is 0 Å². The molecule has 29 heavy (non-hydrogen) atoms. The fraction of sp³-hybridized carbons (Fsp3) is 0.300. The molecule has 0 unspecified atom stereocenters. The summed E-state index contributed by atoms with van der Waals surface area (Å²) in [6.45, 7) is 0.463. The van der Waals surface area contributed by atoms with Gasteiger partial charge in [-0.15, -0.1) is 0 Å². The number of hydrogen-bond acceptors (Lipinski definition) is 5. The van der Waals surface area contributed by atoms with E-state index in [0.717, 1.165) is 0 Å². The first kappa shape index (κ1) is 21.1. The van der Waals surface area contributed by atoms with Gasteiger partial charge in [0.05, 0.1) is 28.5 Å². The van der Waals surface area contributed by atoms with E-state index in [2.05, 4.69) is 5.32 Å². The number of carbonyl (C=O) groups is 1. The van der Waals surface area contributed by atoms with Gasteiger partial charge < -0.3 is 10.1 Å². The van der Waals surface area contributed by atoms with Crippen molar-refractivity contribution in [2.24, 2.45) is 5.92 Å². The van der Waals surface area contributed by atoms with Gasteiger partial charge in [0.2, 0.25) is 15.9 Å². The number of methoxy groups -OCH3 is 1. The molecule has 0 saturated carbocycles. The van der Waals surface area contributed by atoms with E-state index in [0.29, 0.717) is 36.4 Å². The molecule has 1 amide bonds. The van der Waals surface area contributed by atoms with Gasteiger partial charge in [-0.25, -0.2) is 8.42 Å². The molecule has 1 fully saturated rings. The SMILES string of the molecule is COc1ccc(S(=O)(=O)N2CCC[C@H](C(=O)Nc3ccc(C#N)c(Cl)c3)C2)cc1. The third kappa shape index (κ3) is 4.70. The summed E-state index contributed by atoms with van der Waals surface area (Å²) >= 11 is 6.00. The Labute approximate surface area is 174 Å². The van der Waals surface area contributed by atoms with Crippen LogP contribution in [0.15, 0.2) is 47.4 Å². The van der Waals surface area contributed by atoms with Crippen molar-refractivity contribution in [1.82, 2.24) is 4.31 Å². The Morgan fingerprint density at radius 2 is 2.00 bits per heavy atom. The molecule has 152 valence electrons. The van der Waals surface area contributed by atoms with Crippen LogP contribution in [0, 0.1) is 17.2 Å². The van der Waals surface area contributed by atoms with Crippen LogP contribution in [-0.4, -0.2) is 38.8 Å². The molecule has 9 heteroatoms. The van der Waals surface area contributed by atoms with Gasteiger partial charge in [0.15, 0.2) is 0 Å². The predicted molar refractivity (Wildman–Crippen MR) is 109 cm³/mol. The number of halogens is 1. The maximum atomic E-state index is 12.9. The van der Waals surface area contributed by atoms with Crippen molar-refractivity contribution >= 4 is 33.2 Å². The minimum absolute atomic E-state index is 0.101. The van der Waals surface area contributed by atoms with Crippen molar-refractivity contribution in [2.45, 2.75) is 17.7 Å². The van der Waals surface area contributed by atoms with Crippen molar-refractivity contribution in [3.63, 3.8) is 0 Å². The monoisotopic (exact) mass is 433 g/mol. The topological polar surface area (TPSA) is 99.5 Å². The third-order valence-corrected chi connectivity index (χ3v) is 7.00. The van der Waals surface area contributed by atoms with Crippen molar-refractivity contribution in [2.75, 3.05) is 25.5 Å². The lowest BCUT2D eigenvalue weighted by Crippen LogP contribution is -2.43. The van der Waals surface area contributed by atoms with E-state index in [-0.39, 0.29) is 22.4 Å². The summed E-state index contributed by atoms with van der Waals surface area (Å²) in [6, 6.07) is 12.8. The number of rotatable bonds is 5. The highest BCUT2D eigenvalue weighted by atomic mass is 35.5. The molecule has 0 spiro atoms. The van der Waals surface area contributed by atoms with Crippen molar-refractivity contribution in [3.05, 3.63) is 53.1 Å². The molecular weight excluding hydrogens is 414 g/mol. The van der Waals surface area contributed by atoms with Crippen LogP contribution in [0.4, 0.5) is 5.69 Å². The number of amides is 1. The van der Waals surface area contributed by atoms with Gasteiger partial charge in [0.25, 0.3) is 0 Å². The Morgan fingerprint density at radius 1 is 1.28 bits per heavy atom. The van der Waals surface area contributed by atoms with Gasteiger partial charge in [-0.1, -0.05) is 11.6 Å². The summed E-state index contributed by atoms with van der Waals surface area (Å²) in [5, 5.41) is 11.9. The standard InChI is InChI=1S/C20H20ClN3O4S/c1-28-17-6-8-18(9-7-17)29(26,27)24-10-2-3-15(13-24)20(25)23-16-5-4-14(12-22)19(21)11-16/h4-9,11,15H,2-3,10,13H2,1H3,(H,23,25)/t15-/m0/s1. The first-order valence-corrected chi connectivity index (χ1v) is 10.8. The van der Waals surface area contributed by atoms with E-state index < -0.39 is 15.9 Å². The lowest BCUT2D eigenvalue weighted by molar-refractivity contribution is -0.120. The number of ether oxygens (including phenoxy) is 1. The molecule has 1 aliphatic rings. The molecule has 1 heterocycles. The van der Waals surface area contributed by atoms with Crippen molar-refractivity contribution in [3.8, 4) is 11.8 Å². The summed E-state index contributed by atoms with van der Waals surface area (Å²) in [4.78, 5) is 12.8. The van der Waals surface area contributed by atoms with E-state index in [1.54, 1.807) is 18.2 Å². The first-order chi connectivity index (χ1) is 13.8. The first-order valence-electron chi connectivity index (χ1n) is 9.00. The Morgan fingerprint density at radius 3 is 2.62 bits per heavy atom. The van der Waals surface area contributed by atoms with E-state index in [1.807, 2.05) is 6.07 Å². The molecule has 7 nitrogen and oxygen atoms in total. The zero-order valence-corrected chi connectivity index (χ0v) is 17.3. The minimum Gasteiger partial charge on any atom is -0.497 e. The zero-order chi connectivity index (χ0) is 21.0. The van der Waals surface area contributed by atoms with Crippen LogP contribution in [0.1, 0.15) is 18.4 Å². The summed E-state index contributed by atoms with van der Waals surface area (Å²) in [7, 11) is -2.19. The van der Waals surface area contributed by atoms with Crippen LogP contribution in [-0.2, 0) is 14.8 Å². The fourth-order valence-electron chi connectivity index (χ4n) is 3.20. The number of nitrogens with one attached hydrogen (secondary N) is 1. The van der Waals surface area contributed by atoms with Gasteiger partial charge in [0.1, 0.15) is 11.8 Å². The number of carbonyl (C=O) groups excluding carboxylic acids is 1. The second kappa shape index (κ2) is 8.82. The van der Waals surface area contributed by atoms with E-state index in [1.165, 1.54) is 35.7 Å². The normalized spacial score (nSPS) is 17.3. The van der Waals surface area contributed by atoms with Crippen LogP contribution in [0.5, 0.6) is 5.75 Å². The van der Waals surface area contributed by atoms with Crippen molar-refractivity contribution < 1.29 is 17.9 Å². The Balaban J connectivity index is 1.71. The highest BCUT2D eigenvalue weighted by Gasteiger charge is 2.33. The number of nitriles is 1. The Hall–Kier alpha value is -2.60. The lowest BCUT2D eigenvalue weighted by Gasteiger charge is -2.31. The predicted octanol–water partition coefficient (Wildman–Crippen LogP) is 3.26. The highest BCUT2D eigenvalue weighted by Crippen LogP contribution is 2.27. The summed E-state index contributed by atoms with van der Waals surface area (Å²) < 4.78 is 32.3. The van der Waals surface area contributed by atoms with Crippen LogP contribution in [0.2, 0.25) is 5.02 Å². The maximum Gasteiger partial charge on any atom is 0.243 e. The number of piperidine rings is 1. The molecule has 2 aromatic rings. The number of hydrogen-bond donors (Lipinski definition) is 1. The number of nitrogens with zero attached hydrogens (tertiary/aromatic N) is 2. The fourth-order valence-corrected chi connectivity index (χ4v) is 4.95. The second-order valence-corrected chi connectivity index (χ2v) is 9.02. The number of benzene rings is 2. The quantitative estimate of drug-likeness (QED) is 0.780. The Bertz CT molecular complexity index is 1050. The highest BCUT2D eigenvalue weighted by molar-refractivity contribution is 7.89. The Kier molecular flexibility index (Phi) is 6.42. The molecule has 0 aliphatic carbocycles. The van der Waals surface area contributed by atoms with Gasteiger partial charge in [-0.3, -0.25) is 4.79 Å². The second-order valence-electron chi connectivity index (χ2n) is 6.67. The van der Waals surface area contributed by atoms with E-state index in [9.17, 15) is 13.2 Å². The van der Waals surface area contributed by atoms with Gasteiger partial charge in [-0.05, 0) is 55.3 Å². The van der Waals surface area contributed by atoms with Gasteiger partial charge >= 0.3 is 0 Å². The lowest BCUT2D eigenvalue weighted by atomic mass is 9.98. The summed E-state index contributed by atoms with van der Waals surface area (Å²) in [6.07, 6.45) is 1.17. The molecule has 1 N–H and O–H groups in total. The molecule has 1 aliphatic heterocycles. The van der Waals surface area contributed by atoms with Crippen LogP contribution < -0.4 is 10.1 Å². The molecular formula is C20H20ClN3O4S. The smallest absolute Gasteiger partial charge is 0.243 e. The van der Waals surface area contributed by atoms with Crippen LogP contribution in [0.25, 0.3) is 0 Å². The average molecular weight is 434 g/mol. The number of sulfonamides is 1. The number of anilines is 1. The molecule has 1 saturated heterocycles. The van der Waals surface area contributed by atoms with E-state index in [4.69, 9.17) is 21.6 Å². The molecule has 3 rings (SSSR count). The van der Waals surface area contributed by atoms with Crippen molar-refractivity contribution in [1.29, 1.82) is 5.26 Å². The van der Waals surface area contributed by atoms with Gasteiger partial charge in [0, 0.05) is 18.8 Å². The maximum absolute atomic E-state index is 12.9. The molecule has 0 aromatic heterocycles. The van der Waals surface area contributed by atoms with Gasteiger partial charge in [-0.2, -0.15) is 9.57 Å².